The van der Waals surface area contributed by atoms with Crippen molar-refractivity contribution in [2.24, 2.45) is 5.73 Å². The molecule has 1 aromatic rings. The first kappa shape index (κ1) is 20.4. The van der Waals surface area contributed by atoms with Crippen LogP contribution < -0.4 is 16.4 Å². The molecule has 0 aliphatic carbocycles. The lowest BCUT2D eigenvalue weighted by Crippen LogP contribution is -2.40. The Labute approximate surface area is 138 Å². The Bertz CT molecular complexity index is 510. The molecule has 0 aliphatic rings. The summed E-state index contributed by atoms with van der Waals surface area (Å²) in [7, 11) is 0. The Hall–Kier alpha value is -1.59. The Morgan fingerprint density at radius 1 is 1.23 bits per heavy atom. The van der Waals surface area contributed by atoms with Gasteiger partial charge in [-0.15, -0.1) is 12.4 Å². The van der Waals surface area contributed by atoms with Gasteiger partial charge in [0.15, 0.2) is 0 Å². The standard InChI is InChI=1S/C16H25N3O2.ClH/c1-11(17)9-10-14(20)18-13-8-6-5-7-12(13)15(21)19-16(2,3)4;/h5-8,11H,9-10,17H2,1-4H3,(H,18,20)(H,19,21);1H. The van der Waals surface area contributed by atoms with Crippen LogP contribution in [-0.2, 0) is 4.79 Å². The van der Waals surface area contributed by atoms with Crippen molar-refractivity contribution in [2.45, 2.75) is 52.1 Å². The Balaban J connectivity index is 0.00000441. The molecule has 0 spiro atoms. The summed E-state index contributed by atoms with van der Waals surface area (Å²) < 4.78 is 0. The van der Waals surface area contributed by atoms with E-state index in [2.05, 4.69) is 10.6 Å². The summed E-state index contributed by atoms with van der Waals surface area (Å²) in [4.78, 5) is 24.1. The molecule has 6 heteroatoms. The highest BCUT2D eigenvalue weighted by atomic mass is 35.5. The van der Waals surface area contributed by atoms with E-state index >= 15 is 0 Å². The van der Waals surface area contributed by atoms with Crippen LogP contribution >= 0.6 is 12.4 Å². The van der Waals surface area contributed by atoms with Gasteiger partial charge in [0, 0.05) is 18.0 Å². The normalized spacial score (nSPS) is 12.0. The van der Waals surface area contributed by atoms with Gasteiger partial charge in [0.2, 0.25) is 5.91 Å². The van der Waals surface area contributed by atoms with E-state index < -0.39 is 0 Å². The van der Waals surface area contributed by atoms with Crippen molar-refractivity contribution in [1.82, 2.24) is 5.32 Å². The fourth-order valence-corrected chi connectivity index (χ4v) is 1.77. The lowest BCUT2D eigenvalue weighted by atomic mass is 10.1. The van der Waals surface area contributed by atoms with Gasteiger partial charge in [0.25, 0.3) is 5.91 Å². The molecule has 4 N–H and O–H groups in total. The van der Waals surface area contributed by atoms with E-state index in [1.54, 1.807) is 24.3 Å². The van der Waals surface area contributed by atoms with Gasteiger partial charge in [0.05, 0.1) is 11.3 Å². The van der Waals surface area contributed by atoms with Crippen LogP contribution in [0.25, 0.3) is 0 Å². The van der Waals surface area contributed by atoms with E-state index in [1.807, 2.05) is 27.7 Å². The number of halogens is 1. The number of rotatable bonds is 5. The molecule has 0 radical (unpaired) electrons. The molecule has 0 aromatic heterocycles. The molecule has 5 nitrogen and oxygen atoms in total. The maximum atomic E-state index is 12.2. The van der Waals surface area contributed by atoms with Crippen LogP contribution in [0.1, 0.15) is 50.9 Å². The highest BCUT2D eigenvalue weighted by molar-refractivity contribution is 6.03. The lowest BCUT2D eigenvalue weighted by Gasteiger charge is -2.21. The summed E-state index contributed by atoms with van der Waals surface area (Å²) in [6, 6.07) is 6.96. The Morgan fingerprint density at radius 3 is 2.36 bits per heavy atom. The molecule has 2 amide bonds. The van der Waals surface area contributed by atoms with Crippen LogP contribution in [0.5, 0.6) is 0 Å². The van der Waals surface area contributed by atoms with E-state index in [4.69, 9.17) is 5.73 Å². The molecule has 1 atom stereocenters. The molecule has 0 aliphatic heterocycles. The molecule has 124 valence electrons. The molecule has 0 saturated heterocycles. The summed E-state index contributed by atoms with van der Waals surface area (Å²) in [5.41, 5.74) is 6.29. The number of nitrogens with one attached hydrogen (secondary N) is 2. The second-order valence-electron chi connectivity index (χ2n) is 6.31. The summed E-state index contributed by atoms with van der Waals surface area (Å²) in [6.07, 6.45) is 0.953. The van der Waals surface area contributed by atoms with Crippen molar-refractivity contribution in [3.8, 4) is 0 Å². The van der Waals surface area contributed by atoms with Crippen molar-refractivity contribution in [1.29, 1.82) is 0 Å². The zero-order valence-electron chi connectivity index (χ0n) is 13.6. The van der Waals surface area contributed by atoms with Crippen LogP contribution in [0.3, 0.4) is 0 Å². The minimum Gasteiger partial charge on any atom is -0.347 e. The second-order valence-corrected chi connectivity index (χ2v) is 6.31. The van der Waals surface area contributed by atoms with E-state index in [9.17, 15) is 9.59 Å². The number of carbonyl (C=O) groups excluding carboxylic acids is 2. The number of hydrogen-bond acceptors (Lipinski definition) is 3. The third kappa shape index (κ3) is 7.43. The molecular weight excluding hydrogens is 302 g/mol. The van der Waals surface area contributed by atoms with E-state index in [0.717, 1.165) is 0 Å². The summed E-state index contributed by atoms with van der Waals surface area (Å²) in [5, 5.41) is 5.67. The Morgan fingerprint density at radius 2 is 1.82 bits per heavy atom. The van der Waals surface area contributed by atoms with Crippen LogP contribution in [0.4, 0.5) is 5.69 Å². The van der Waals surface area contributed by atoms with Crippen LogP contribution in [0.2, 0.25) is 0 Å². The van der Waals surface area contributed by atoms with Gasteiger partial charge in [-0.3, -0.25) is 9.59 Å². The fourth-order valence-electron chi connectivity index (χ4n) is 1.77. The highest BCUT2D eigenvalue weighted by Crippen LogP contribution is 2.16. The Kier molecular flexibility index (Phi) is 8.12. The molecule has 0 saturated carbocycles. The number of anilines is 1. The quantitative estimate of drug-likeness (QED) is 0.777. The van der Waals surface area contributed by atoms with Gasteiger partial charge in [-0.2, -0.15) is 0 Å². The van der Waals surface area contributed by atoms with E-state index in [-0.39, 0.29) is 35.8 Å². The molecular formula is C16H26ClN3O2. The summed E-state index contributed by atoms with van der Waals surface area (Å²) >= 11 is 0. The van der Waals surface area contributed by atoms with Crippen molar-refractivity contribution < 1.29 is 9.59 Å². The van der Waals surface area contributed by atoms with Crippen LogP contribution in [0.15, 0.2) is 24.3 Å². The van der Waals surface area contributed by atoms with Gasteiger partial charge >= 0.3 is 0 Å². The molecule has 0 bridgehead atoms. The zero-order chi connectivity index (χ0) is 16.0. The first-order chi connectivity index (χ1) is 9.69. The minimum atomic E-state index is -0.330. The van der Waals surface area contributed by atoms with Gasteiger partial charge in [0.1, 0.15) is 0 Å². The number of benzene rings is 1. The number of para-hydroxylation sites is 1. The second kappa shape index (κ2) is 8.76. The van der Waals surface area contributed by atoms with E-state index in [0.29, 0.717) is 24.1 Å². The number of hydrogen-bond donors (Lipinski definition) is 3. The molecule has 0 fully saturated rings. The van der Waals surface area contributed by atoms with Crippen molar-refractivity contribution >= 4 is 29.9 Å². The monoisotopic (exact) mass is 327 g/mol. The molecule has 0 heterocycles. The fraction of sp³-hybridized carbons (Fsp3) is 0.500. The lowest BCUT2D eigenvalue weighted by molar-refractivity contribution is -0.116. The van der Waals surface area contributed by atoms with Crippen molar-refractivity contribution in [3.05, 3.63) is 29.8 Å². The first-order valence-electron chi connectivity index (χ1n) is 7.16. The molecule has 1 rings (SSSR count). The predicted molar refractivity (Wildman–Crippen MR) is 92.4 cm³/mol. The van der Waals surface area contributed by atoms with Gasteiger partial charge < -0.3 is 16.4 Å². The third-order valence-corrected chi connectivity index (χ3v) is 2.76. The maximum absolute atomic E-state index is 12.2. The van der Waals surface area contributed by atoms with Crippen LogP contribution in [0, 0.1) is 0 Å². The number of amides is 2. The molecule has 1 aromatic carbocycles. The van der Waals surface area contributed by atoms with Crippen molar-refractivity contribution in [2.75, 3.05) is 5.32 Å². The average Bonchev–Trinajstić information content (AvgIpc) is 2.35. The maximum Gasteiger partial charge on any atom is 0.253 e. The largest absolute Gasteiger partial charge is 0.347 e. The third-order valence-electron chi connectivity index (χ3n) is 2.76. The van der Waals surface area contributed by atoms with Crippen LogP contribution in [-0.4, -0.2) is 23.4 Å². The number of nitrogens with two attached hydrogens (primary N) is 1. The summed E-state index contributed by atoms with van der Waals surface area (Å²) in [5.74, 6) is -0.339. The smallest absolute Gasteiger partial charge is 0.253 e. The first-order valence-corrected chi connectivity index (χ1v) is 7.16. The number of carbonyl (C=O) groups is 2. The predicted octanol–water partition coefficient (Wildman–Crippen LogP) is 2.70. The topological polar surface area (TPSA) is 84.2 Å². The highest BCUT2D eigenvalue weighted by Gasteiger charge is 2.18. The van der Waals surface area contributed by atoms with Gasteiger partial charge in [-0.1, -0.05) is 12.1 Å². The minimum absolute atomic E-state index is 0. The van der Waals surface area contributed by atoms with E-state index in [1.165, 1.54) is 0 Å². The SMILES string of the molecule is CC(N)CCC(=O)Nc1ccccc1C(=O)NC(C)(C)C.Cl. The molecule has 22 heavy (non-hydrogen) atoms. The zero-order valence-corrected chi connectivity index (χ0v) is 14.4. The average molecular weight is 328 g/mol. The van der Waals surface area contributed by atoms with Gasteiger partial charge in [-0.05, 0) is 46.2 Å². The van der Waals surface area contributed by atoms with Crippen molar-refractivity contribution in [3.63, 3.8) is 0 Å². The summed E-state index contributed by atoms with van der Waals surface area (Å²) in [6.45, 7) is 7.59. The van der Waals surface area contributed by atoms with Gasteiger partial charge in [-0.25, -0.2) is 0 Å². The molecule has 1 unspecified atom stereocenters.